The number of urea groups is 1. The predicted molar refractivity (Wildman–Crippen MR) is 136 cm³/mol. The molecule has 1 aromatic heterocycles. The fourth-order valence-corrected chi connectivity index (χ4v) is 6.32. The molecule has 0 radical (unpaired) electrons. The van der Waals surface area contributed by atoms with E-state index in [0.717, 1.165) is 17.7 Å². The minimum absolute atomic E-state index is 0.0184. The number of aromatic hydroxyl groups is 1. The Morgan fingerprint density at radius 2 is 1.74 bits per heavy atom. The van der Waals surface area contributed by atoms with Gasteiger partial charge in [-0.3, -0.25) is 10.0 Å². The van der Waals surface area contributed by atoms with Crippen molar-refractivity contribution in [3.05, 3.63) is 53.7 Å². The third-order valence-corrected chi connectivity index (χ3v) is 8.55. The second-order valence-electron chi connectivity index (χ2n) is 8.67. The van der Waals surface area contributed by atoms with Gasteiger partial charge in [-0.1, -0.05) is 23.5 Å². The van der Waals surface area contributed by atoms with E-state index in [1.807, 2.05) is 6.07 Å². The second-order valence-corrected chi connectivity index (χ2v) is 11.3. The van der Waals surface area contributed by atoms with Crippen LogP contribution in [-0.4, -0.2) is 41.8 Å². The Kier molecular flexibility index (Phi) is 7.29. The van der Waals surface area contributed by atoms with Crippen molar-refractivity contribution in [3.63, 3.8) is 0 Å². The van der Waals surface area contributed by atoms with Crippen molar-refractivity contribution in [2.75, 3.05) is 10.0 Å². The van der Waals surface area contributed by atoms with Crippen LogP contribution in [0.1, 0.15) is 36.9 Å². The van der Waals surface area contributed by atoms with Crippen LogP contribution in [0.2, 0.25) is 0 Å². The first-order valence-corrected chi connectivity index (χ1v) is 13.6. The molecule has 0 atom stereocenters. The molecule has 9 nitrogen and oxygen atoms in total. The van der Waals surface area contributed by atoms with Gasteiger partial charge in [0.15, 0.2) is 5.13 Å². The summed E-state index contributed by atoms with van der Waals surface area (Å²) in [7, 11) is -3.88. The quantitative estimate of drug-likeness (QED) is 0.308. The lowest BCUT2D eigenvalue weighted by Gasteiger charge is -2.25. The first-order chi connectivity index (χ1) is 16.6. The highest BCUT2D eigenvalue weighted by molar-refractivity contribution is 7.92. The summed E-state index contributed by atoms with van der Waals surface area (Å²) in [6.45, 7) is 3.52. The van der Waals surface area contributed by atoms with Gasteiger partial charge in [-0.2, -0.15) is 0 Å². The molecule has 4 rings (SSSR count). The molecule has 1 aliphatic carbocycles. The number of carbonyl (C=O) groups is 1. The molecule has 0 unspecified atom stereocenters. The average Bonchev–Trinajstić information content (AvgIpc) is 3.16. The number of aliphatic hydroxyl groups is 1. The van der Waals surface area contributed by atoms with Crippen LogP contribution >= 0.6 is 11.3 Å². The number of anilines is 2. The maximum Gasteiger partial charge on any atom is 0.321 e. The van der Waals surface area contributed by atoms with Gasteiger partial charge in [0.25, 0.3) is 10.0 Å². The Morgan fingerprint density at radius 3 is 2.43 bits per heavy atom. The van der Waals surface area contributed by atoms with Crippen molar-refractivity contribution in [1.29, 1.82) is 0 Å². The summed E-state index contributed by atoms with van der Waals surface area (Å²) >= 11 is 1.27. The molecule has 0 aliphatic heterocycles. The van der Waals surface area contributed by atoms with Gasteiger partial charge in [0.2, 0.25) is 0 Å². The van der Waals surface area contributed by atoms with E-state index < -0.39 is 10.0 Å². The van der Waals surface area contributed by atoms with Gasteiger partial charge in [-0.25, -0.2) is 18.2 Å². The van der Waals surface area contributed by atoms with E-state index in [1.165, 1.54) is 35.6 Å². The lowest BCUT2D eigenvalue weighted by atomic mass is 9.93. The summed E-state index contributed by atoms with van der Waals surface area (Å²) < 4.78 is 28.7. The van der Waals surface area contributed by atoms with Gasteiger partial charge in [-0.05, 0) is 81.0 Å². The van der Waals surface area contributed by atoms with E-state index in [9.17, 15) is 23.4 Å². The van der Waals surface area contributed by atoms with E-state index in [2.05, 4.69) is 20.3 Å². The SMILES string of the molecule is Cc1ccc(-c2sc(NC(=O)NC3CCC(O)CC3)nc2C)cc1S(=O)(=O)Nc1ccc(O)cc1. The number of thiazole rings is 1. The smallest absolute Gasteiger partial charge is 0.321 e. The topological polar surface area (TPSA) is 141 Å². The highest BCUT2D eigenvalue weighted by atomic mass is 32.2. The maximum absolute atomic E-state index is 13.1. The lowest BCUT2D eigenvalue weighted by Crippen LogP contribution is -2.40. The van der Waals surface area contributed by atoms with Crippen LogP contribution in [0.25, 0.3) is 10.4 Å². The number of benzene rings is 2. The fourth-order valence-electron chi connectivity index (χ4n) is 4.03. The Bertz CT molecular complexity index is 1310. The van der Waals surface area contributed by atoms with Crippen molar-refractivity contribution >= 4 is 38.2 Å². The number of nitrogens with one attached hydrogen (secondary N) is 3. The molecule has 2 aromatic carbocycles. The molecule has 1 heterocycles. The highest BCUT2D eigenvalue weighted by Crippen LogP contribution is 2.35. The molecule has 1 fully saturated rings. The Hall–Kier alpha value is -3.15. The van der Waals surface area contributed by atoms with Crippen molar-refractivity contribution in [2.45, 2.75) is 56.6 Å². The Balaban J connectivity index is 1.51. The molecule has 35 heavy (non-hydrogen) atoms. The number of sulfonamides is 1. The number of phenols is 1. The van der Waals surface area contributed by atoms with Crippen LogP contribution in [0.3, 0.4) is 0 Å². The zero-order chi connectivity index (χ0) is 25.2. The number of rotatable bonds is 6. The number of nitrogens with zero attached hydrogens (tertiary/aromatic N) is 1. The first kappa shape index (κ1) is 25.0. The van der Waals surface area contributed by atoms with Crippen LogP contribution in [-0.2, 0) is 10.0 Å². The van der Waals surface area contributed by atoms with Crippen LogP contribution in [0, 0.1) is 13.8 Å². The fraction of sp³-hybridized carbons (Fsp3) is 0.333. The van der Waals surface area contributed by atoms with E-state index in [-0.39, 0.29) is 28.8 Å². The van der Waals surface area contributed by atoms with E-state index in [1.54, 1.807) is 26.0 Å². The maximum atomic E-state index is 13.1. The largest absolute Gasteiger partial charge is 0.508 e. The summed E-state index contributed by atoms with van der Waals surface area (Å²) in [6, 6.07) is 10.6. The number of amides is 2. The molecule has 1 aliphatic rings. The highest BCUT2D eigenvalue weighted by Gasteiger charge is 2.22. The van der Waals surface area contributed by atoms with Gasteiger partial charge >= 0.3 is 6.03 Å². The number of aryl methyl sites for hydroxylation is 2. The predicted octanol–water partition coefficient (Wildman–Crippen LogP) is 4.36. The average molecular weight is 517 g/mol. The standard InChI is InChI=1S/C24H28N4O5S2/c1-14-3-4-16(13-21(14)35(32,33)28-18-7-11-20(30)12-8-18)22-15(2)25-24(34-22)27-23(31)26-17-5-9-19(29)10-6-17/h3-4,7-8,11-13,17,19,28-30H,5-6,9-10H2,1-2H3,(H2,25,26,27,31). The van der Waals surface area contributed by atoms with Crippen LogP contribution in [0.5, 0.6) is 5.75 Å². The molecule has 11 heteroatoms. The van der Waals surface area contributed by atoms with Crippen molar-refractivity contribution in [1.82, 2.24) is 10.3 Å². The third kappa shape index (κ3) is 6.11. The van der Waals surface area contributed by atoms with E-state index in [4.69, 9.17) is 0 Å². The normalized spacial score (nSPS) is 18.1. The summed E-state index contributed by atoms with van der Waals surface area (Å²) in [5.41, 5.74) is 2.26. The number of phenolic OH excluding ortho intramolecular Hbond substituents is 1. The van der Waals surface area contributed by atoms with Crippen molar-refractivity contribution in [2.24, 2.45) is 0 Å². The summed E-state index contributed by atoms with van der Waals surface area (Å²) in [6.07, 6.45) is 2.52. The molecule has 0 saturated heterocycles. The van der Waals surface area contributed by atoms with Gasteiger partial charge < -0.3 is 15.5 Å². The molecule has 3 aromatic rings. The van der Waals surface area contributed by atoms with E-state index >= 15 is 0 Å². The molecule has 5 N–H and O–H groups in total. The van der Waals surface area contributed by atoms with Crippen LogP contribution in [0.4, 0.5) is 15.6 Å². The number of aromatic nitrogens is 1. The lowest BCUT2D eigenvalue weighted by molar-refractivity contribution is 0.118. The molecule has 186 valence electrons. The number of hydrogen-bond acceptors (Lipinski definition) is 7. The van der Waals surface area contributed by atoms with Crippen LogP contribution in [0.15, 0.2) is 47.4 Å². The first-order valence-electron chi connectivity index (χ1n) is 11.3. The van der Waals surface area contributed by atoms with Gasteiger partial charge in [-0.15, -0.1) is 0 Å². The summed E-state index contributed by atoms with van der Waals surface area (Å²) in [4.78, 5) is 17.7. The number of hydrogen-bond donors (Lipinski definition) is 5. The molecular formula is C24H28N4O5S2. The third-order valence-electron chi connectivity index (χ3n) is 5.91. The van der Waals surface area contributed by atoms with Crippen molar-refractivity contribution in [3.8, 4) is 16.2 Å². The van der Waals surface area contributed by atoms with E-state index in [0.29, 0.717) is 40.5 Å². The summed E-state index contributed by atoms with van der Waals surface area (Å²) in [5, 5.41) is 25.2. The zero-order valence-corrected chi connectivity index (χ0v) is 21.0. The minimum Gasteiger partial charge on any atom is -0.508 e. The number of carbonyl (C=O) groups excluding carboxylic acids is 1. The molecule has 1 saturated carbocycles. The monoisotopic (exact) mass is 516 g/mol. The molecular weight excluding hydrogens is 488 g/mol. The van der Waals surface area contributed by atoms with Crippen LogP contribution < -0.4 is 15.4 Å². The summed E-state index contributed by atoms with van der Waals surface area (Å²) in [5.74, 6) is 0.0439. The minimum atomic E-state index is -3.88. The Labute approximate surface area is 208 Å². The molecule has 2 amide bonds. The van der Waals surface area contributed by atoms with Crippen molar-refractivity contribution < 1.29 is 23.4 Å². The van der Waals surface area contributed by atoms with Gasteiger partial charge in [0.05, 0.1) is 21.6 Å². The number of aliphatic hydroxyl groups excluding tert-OH is 1. The van der Waals surface area contributed by atoms with Gasteiger partial charge in [0.1, 0.15) is 5.75 Å². The molecule has 0 spiro atoms. The van der Waals surface area contributed by atoms with Gasteiger partial charge in [0, 0.05) is 11.7 Å². The second kappa shape index (κ2) is 10.2. The Morgan fingerprint density at radius 1 is 1.06 bits per heavy atom. The molecule has 0 bridgehead atoms. The zero-order valence-electron chi connectivity index (χ0n) is 19.4.